The fraction of sp³-hybridized carbons (Fsp3) is 0.562. The second-order valence-corrected chi connectivity index (χ2v) is 5.63. The van der Waals surface area contributed by atoms with Gasteiger partial charge in [-0.1, -0.05) is 17.8 Å². The fourth-order valence-electron chi connectivity index (χ4n) is 2.84. The Balaban J connectivity index is 1.87. The van der Waals surface area contributed by atoms with Gasteiger partial charge in [0.1, 0.15) is 12.4 Å². The average molecular weight is 307 g/mol. The number of allylic oxidation sites excluding steroid dienone is 2. The molecule has 0 aromatic rings. The van der Waals surface area contributed by atoms with Gasteiger partial charge in [-0.2, -0.15) is 0 Å². The average Bonchev–Trinajstić information content (AvgIpc) is 2.81. The standard InChI is InChI=1S/C16H21NO5/c1-2-8-22-17-7-4-3-5-12-13(18)10-16(11-14(12)19)6-9-21-15(16)20/h2,7,18H,1,3-6,8-11H2. The van der Waals surface area contributed by atoms with Crippen molar-refractivity contribution >= 4 is 18.0 Å². The minimum atomic E-state index is -0.829. The lowest BCUT2D eigenvalue weighted by Gasteiger charge is -2.29. The molecule has 6 nitrogen and oxygen atoms in total. The molecule has 1 spiro atoms. The number of carbonyl (C=O) groups excluding carboxylic acids is 2. The minimum absolute atomic E-state index is 0.0370. The molecule has 1 unspecified atom stereocenters. The maximum atomic E-state index is 12.2. The first-order valence-electron chi connectivity index (χ1n) is 7.45. The molecule has 1 fully saturated rings. The molecule has 1 atom stereocenters. The molecule has 0 saturated carbocycles. The number of carbonyl (C=O) groups is 2. The van der Waals surface area contributed by atoms with Crippen LogP contribution < -0.4 is 0 Å². The van der Waals surface area contributed by atoms with Crippen molar-refractivity contribution in [2.24, 2.45) is 10.6 Å². The number of Topliss-reactive ketones (excluding diaryl/α,β-unsaturated/α-hetero) is 1. The van der Waals surface area contributed by atoms with Crippen LogP contribution >= 0.6 is 0 Å². The third kappa shape index (κ3) is 3.55. The summed E-state index contributed by atoms with van der Waals surface area (Å²) in [5.74, 6) is -0.477. The van der Waals surface area contributed by atoms with Crippen LogP contribution in [-0.4, -0.2) is 36.3 Å². The number of hydrogen-bond acceptors (Lipinski definition) is 6. The number of unbranched alkanes of at least 4 members (excludes halogenated alkanes) is 1. The van der Waals surface area contributed by atoms with E-state index in [1.54, 1.807) is 12.3 Å². The number of ether oxygens (including phenoxy) is 1. The molecule has 0 aromatic carbocycles. The van der Waals surface area contributed by atoms with E-state index in [0.29, 0.717) is 44.5 Å². The van der Waals surface area contributed by atoms with Crippen molar-refractivity contribution in [2.75, 3.05) is 13.2 Å². The molecule has 1 saturated heterocycles. The van der Waals surface area contributed by atoms with Crippen LogP contribution in [0.3, 0.4) is 0 Å². The number of cyclic esters (lactones) is 1. The Hall–Kier alpha value is -2.11. The van der Waals surface area contributed by atoms with Gasteiger partial charge in [-0.15, -0.1) is 0 Å². The molecule has 22 heavy (non-hydrogen) atoms. The van der Waals surface area contributed by atoms with Crippen molar-refractivity contribution in [3.05, 3.63) is 24.0 Å². The highest BCUT2D eigenvalue weighted by atomic mass is 16.6. The van der Waals surface area contributed by atoms with Crippen LogP contribution in [0.15, 0.2) is 29.1 Å². The number of hydrogen-bond donors (Lipinski definition) is 1. The van der Waals surface area contributed by atoms with E-state index in [4.69, 9.17) is 9.57 Å². The van der Waals surface area contributed by atoms with E-state index in [0.717, 1.165) is 0 Å². The van der Waals surface area contributed by atoms with Gasteiger partial charge in [0.25, 0.3) is 0 Å². The van der Waals surface area contributed by atoms with Crippen molar-refractivity contribution in [2.45, 2.75) is 38.5 Å². The Bertz CT molecular complexity index is 523. The Labute approximate surface area is 129 Å². The summed E-state index contributed by atoms with van der Waals surface area (Å²) >= 11 is 0. The van der Waals surface area contributed by atoms with E-state index in [9.17, 15) is 14.7 Å². The number of nitrogens with zero attached hydrogens (tertiary/aromatic N) is 1. The molecular weight excluding hydrogens is 286 g/mol. The monoisotopic (exact) mass is 307 g/mol. The van der Waals surface area contributed by atoms with Crippen LogP contribution in [0.1, 0.15) is 38.5 Å². The first-order valence-corrected chi connectivity index (χ1v) is 7.45. The van der Waals surface area contributed by atoms with Crippen LogP contribution in [0.2, 0.25) is 0 Å². The van der Waals surface area contributed by atoms with E-state index in [-0.39, 0.29) is 30.4 Å². The third-order valence-corrected chi connectivity index (χ3v) is 4.04. The molecule has 1 heterocycles. The number of ketones is 1. The summed E-state index contributed by atoms with van der Waals surface area (Å²) in [4.78, 5) is 28.9. The summed E-state index contributed by atoms with van der Waals surface area (Å²) in [6.07, 6.45) is 5.89. The van der Waals surface area contributed by atoms with Gasteiger partial charge in [0, 0.05) is 24.6 Å². The number of oxime groups is 1. The highest BCUT2D eigenvalue weighted by Crippen LogP contribution is 2.44. The summed E-state index contributed by atoms with van der Waals surface area (Å²) in [5, 5.41) is 13.9. The van der Waals surface area contributed by atoms with E-state index < -0.39 is 5.41 Å². The van der Waals surface area contributed by atoms with Gasteiger partial charge in [-0.25, -0.2) is 0 Å². The first kappa shape index (κ1) is 16.3. The van der Waals surface area contributed by atoms with Gasteiger partial charge in [-0.05, 0) is 25.7 Å². The van der Waals surface area contributed by atoms with Crippen LogP contribution in [0.4, 0.5) is 0 Å². The molecule has 0 aromatic heterocycles. The van der Waals surface area contributed by atoms with Gasteiger partial charge < -0.3 is 14.7 Å². The van der Waals surface area contributed by atoms with Crippen LogP contribution in [-0.2, 0) is 19.2 Å². The van der Waals surface area contributed by atoms with E-state index in [2.05, 4.69) is 11.7 Å². The molecule has 0 amide bonds. The maximum absolute atomic E-state index is 12.2. The molecule has 1 N–H and O–H groups in total. The smallest absolute Gasteiger partial charge is 0.313 e. The summed E-state index contributed by atoms with van der Waals surface area (Å²) < 4.78 is 4.96. The lowest BCUT2D eigenvalue weighted by molar-refractivity contribution is -0.149. The molecular formula is C16H21NO5. The number of esters is 1. The van der Waals surface area contributed by atoms with E-state index >= 15 is 0 Å². The molecule has 1 aliphatic heterocycles. The zero-order valence-corrected chi connectivity index (χ0v) is 12.5. The Morgan fingerprint density at radius 2 is 2.23 bits per heavy atom. The van der Waals surface area contributed by atoms with E-state index in [1.165, 1.54) is 0 Å². The zero-order valence-electron chi connectivity index (χ0n) is 12.5. The molecule has 120 valence electrons. The maximum Gasteiger partial charge on any atom is 0.313 e. The molecule has 0 bridgehead atoms. The predicted octanol–water partition coefficient (Wildman–Crippen LogP) is 2.45. The van der Waals surface area contributed by atoms with Gasteiger partial charge >= 0.3 is 5.97 Å². The SMILES string of the molecule is C=CCON=CCCCC1=C(O)CC2(CCOC2=O)CC1=O. The number of rotatable bonds is 7. The Kier molecular flexibility index (Phi) is 5.35. The van der Waals surface area contributed by atoms with Crippen LogP contribution in [0.5, 0.6) is 0 Å². The quantitative estimate of drug-likeness (QED) is 0.257. The second-order valence-electron chi connectivity index (χ2n) is 5.63. The Morgan fingerprint density at radius 3 is 2.86 bits per heavy atom. The van der Waals surface area contributed by atoms with Gasteiger partial charge in [0.15, 0.2) is 5.78 Å². The molecule has 2 aliphatic rings. The topological polar surface area (TPSA) is 85.2 Å². The van der Waals surface area contributed by atoms with Crippen LogP contribution in [0.25, 0.3) is 0 Å². The molecule has 2 rings (SSSR count). The lowest BCUT2D eigenvalue weighted by Crippen LogP contribution is -2.34. The number of aliphatic hydroxyl groups excluding tert-OH is 1. The minimum Gasteiger partial charge on any atom is -0.512 e. The first-order chi connectivity index (χ1) is 10.6. The summed E-state index contributed by atoms with van der Waals surface area (Å²) in [6, 6.07) is 0. The highest BCUT2D eigenvalue weighted by Gasteiger charge is 2.49. The second kappa shape index (κ2) is 7.24. The van der Waals surface area contributed by atoms with Gasteiger partial charge in [-0.3, -0.25) is 9.59 Å². The zero-order chi connectivity index (χ0) is 16.0. The number of aliphatic hydroxyl groups is 1. The normalized spacial score (nSPS) is 25.1. The molecule has 0 radical (unpaired) electrons. The van der Waals surface area contributed by atoms with Crippen LogP contribution in [0, 0.1) is 5.41 Å². The predicted molar refractivity (Wildman–Crippen MR) is 80.4 cm³/mol. The summed E-state index contributed by atoms with van der Waals surface area (Å²) in [5.41, 5.74) is -0.393. The Morgan fingerprint density at radius 1 is 1.41 bits per heavy atom. The fourth-order valence-corrected chi connectivity index (χ4v) is 2.84. The lowest BCUT2D eigenvalue weighted by atomic mass is 9.72. The van der Waals surface area contributed by atoms with Crippen molar-refractivity contribution in [1.82, 2.24) is 0 Å². The van der Waals surface area contributed by atoms with Crippen molar-refractivity contribution in [3.8, 4) is 0 Å². The van der Waals surface area contributed by atoms with Crippen molar-refractivity contribution < 1.29 is 24.3 Å². The van der Waals surface area contributed by atoms with Gasteiger partial charge in [0.05, 0.1) is 12.0 Å². The molecule has 6 heteroatoms. The van der Waals surface area contributed by atoms with Crippen molar-refractivity contribution in [3.63, 3.8) is 0 Å². The van der Waals surface area contributed by atoms with Gasteiger partial charge in [0.2, 0.25) is 0 Å². The van der Waals surface area contributed by atoms with E-state index in [1.807, 2.05) is 0 Å². The molecule has 1 aliphatic carbocycles. The van der Waals surface area contributed by atoms with Crippen molar-refractivity contribution in [1.29, 1.82) is 0 Å². The highest BCUT2D eigenvalue weighted by molar-refractivity contribution is 6.00. The summed E-state index contributed by atoms with van der Waals surface area (Å²) in [7, 11) is 0. The third-order valence-electron chi connectivity index (χ3n) is 4.04. The summed E-state index contributed by atoms with van der Waals surface area (Å²) in [6.45, 7) is 4.19. The largest absolute Gasteiger partial charge is 0.512 e.